The molecule has 9 rings (SSSR count). The molecule has 59 heavy (non-hydrogen) atoms. The average Bonchev–Trinajstić information content (AvgIpc) is 3.25. The third-order valence-electron chi connectivity index (χ3n) is 10.6. The van der Waals surface area contributed by atoms with E-state index < -0.39 is 35.8 Å². The SMILES string of the molecule is CCOc1cccc2c1OCC(=O)NC1CCC(CC1)CC(=O)N[C@@H](c1ccccc1)C(=O)N[C@H](Cc1ccccc1)C(=O)N[C@H](C(=O)NC)Cc1ccc(cc1)OC2. The van der Waals surface area contributed by atoms with Crippen LogP contribution in [0.2, 0.25) is 0 Å². The number of amides is 5. The second-order valence-electron chi connectivity index (χ2n) is 14.9. The third-order valence-corrected chi connectivity index (χ3v) is 10.6. The van der Waals surface area contributed by atoms with Crippen molar-refractivity contribution in [3.8, 4) is 17.2 Å². The van der Waals surface area contributed by atoms with E-state index in [2.05, 4.69) is 26.6 Å². The van der Waals surface area contributed by atoms with Gasteiger partial charge in [0.15, 0.2) is 18.1 Å². The van der Waals surface area contributed by atoms with Crippen LogP contribution in [0.4, 0.5) is 0 Å². The fourth-order valence-electron chi connectivity index (χ4n) is 7.54. The summed E-state index contributed by atoms with van der Waals surface area (Å²) in [6, 6.07) is 27.6. The lowest BCUT2D eigenvalue weighted by Gasteiger charge is -2.29. The van der Waals surface area contributed by atoms with Crippen LogP contribution in [0.1, 0.15) is 67.3 Å². The van der Waals surface area contributed by atoms with E-state index in [1.807, 2.05) is 67.6 Å². The number of para-hydroxylation sites is 1. The molecule has 4 heterocycles. The summed E-state index contributed by atoms with van der Waals surface area (Å²) in [5, 5.41) is 14.5. The Morgan fingerprint density at radius 3 is 2.12 bits per heavy atom. The average molecular weight is 804 g/mol. The summed E-state index contributed by atoms with van der Waals surface area (Å²) in [7, 11) is 1.50. The zero-order valence-corrected chi connectivity index (χ0v) is 33.5. The normalized spacial score (nSPS) is 22.2. The number of hydrogen-bond acceptors (Lipinski definition) is 8. The molecule has 13 nitrogen and oxygen atoms in total. The number of nitrogens with one attached hydrogen (secondary N) is 5. The van der Waals surface area contributed by atoms with Crippen LogP contribution in [-0.2, 0) is 43.4 Å². The fraction of sp³-hybridized carbons (Fsp3) is 0.370. The molecule has 13 heteroatoms. The van der Waals surface area contributed by atoms with Crippen LogP contribution in [0, 0.1) is 5.92 Å². The Balaban J connectivity index is 1.28. The van der Waals surface area contributed by atoms with E-state index in [4.69, 9.17) is 14.2 Å². The molecule has 5 N–H and O–H groups in total. The minimum absolute atomic E-state index is 0.0513. The van der Waals surface area contributed by atoms with E-state index in [0.717, 1.165) is 11.1 Å². The van der Waals surface area contributed by atoms with Gasteiger partial charge >= 0.3 is 0 Å². The Hall–Kier alpha value is -6.37. The zero-order valence-electron chi connectivity index (χ0n) is 33.5. The maximum atomic E-state index is 14.2. The molecular weight excluding hydrogens is 751 g/mol. The van der Waals surface area contributed by atoms with Crippen LogP contribution < -0.4 is 40.8 Å². The first-order chi connectivity index (χ1) is 28.7. The van der Waals surface area contributed by atoms with E-state index in [9.17, 15) is 24.0 Å². The number of rotatable bonds is 6. The van der Waals surface area contributed by atoms with Crippen molar-refractivity contribution in [1.82, 2.24) is 26.6 Å². The fourth-order valence-corrected chi connectivity index (χ4v) is 7.54. The summed E-state index contributed by atoms with van der Waals surface area (Å²) in [6.07, 6.45) is 3.28. The first-order valence-corrected chi connectivity index (χ1v) is 20.3. The molecular formula is C46H53N5O8. The number of carbonyl (C=O) groups is 5. The monoisotopic (exact) mass is 803 g/mol. The van der Waals surface area contributed by atoms with Crippen molar-refractivity contribution >= 4 is 29.5 Å². The van der Waals surface area contributed by atoms with E-state index >= 15 is 0 Å². The minimum atomic E-state index is -1.09. The van der Waals surface area contributed by atoms with Gasteiger partial charge in [-0.1, -0.05) is 84.9 Å². The van der Waals surface area contributed by atoms with Crippen molar-refractivity contribution in [3.05, 3.63) is 125 Å². The standard InChI is InChI=1S/C46H53N5O8/c1-3-57-39-16-10-15-34-28-58-36-23-19-31(20-24-36)26-37(44(54)47-2)49-45(55)38(25-30-11-6-4-7-12-30)50-46(56)42(33-13-8-5-9-14-33)51-40(52)27-32-17-21-35(22-18-32)48-41(53)29-59-43(34)39/h4-16,19-20,23-24,32,35,37-38,42H,3,17-18,21-22,25-29H2,1-2H3,(H,47,54)(H,48,53)(H,49,55)(H,50,56)(H,51,52)/t32?,35?,37-,38+,42-/m0/s1. The Labute approximate surface area is 345 Å². The molecule has 0 saturated heterocycles. The molecule has 5 aliphatic rings. The van der Waals surface area contributed by atoms with E-state index in [0.29, 0.717) is 60.7 Å². The molecule has 4 aromatic carbocycles. The molecule has 0 radical (unpaired) electrons. The van der Waals surface area contributed by atoms with E-state index in [-0.39, 0.29) is 56.3 Å². The molecule has 0 spiro atoms. The molecule has 5 amide bonds. The summed E-state index contributed by atoms with van der Waals surface area (Å²) in [6.45, 7) is 2.19. The van der Waals surface area contributed by atoms with E-state index in [1.165, 1.54) is 7.05 Å². The highest BCUT2D eigenvalue weighted by Gasteiger charge is 2.32. The second-order valence-corrected chi connectivity index (χ2v) is 14.9. The van der Waals surface area contributed by atoms with Gasteiger partial charge in [-0.15, -0.1) is 0 Å². The van der Waals surface area contributed by atoms with Crippen LogP contribution in [0.5, 0.6) is 17.2 Å². The first kappa shape index (κ1) is 42.2. The summed E-state index contributed by atoms with van der Waals surface area (Å²) in [5.74, 6) is -0.557. The lowest BCUT2D eigenvalue weighted by molar-refractivity contribution is -0.134. The number of likely N-dealkylation sites (N-methyl/N-ethyl adjacent to an activating group) is 1. The zero-order chi connectivity index (χ0) is 41.6. The number of carbonyl (C=O) groups excluding carboxylic acids is 5. The van der Waals surface area contributed by atoms with Crippen molar-refractivity contribution in [2.75, 3.05) is 20.3 Å². The minimum Gasteiger partial charge on any atom is -0.490 e. The maximum Gasteiger partial charge on any atom is 0.258 e. The second kappa shape index (κ2) is 20.9. The van der Waals surface area contributed by atoms with Gasteiger partial charge in [0.05, 0.1) is 6.61 Å². The summed E-state index contributed by atoms with van der Waals surface area (Å²) >= 11 is 0. The summed E-state index contributed by atoms with van der Waals surface area (Å²) < 4.78 is 18.1. The highest BCUT2D eigenvalue weighted by Crippen LogP contribution is 2.33. The molecule has 1 aliphatic carbocycles. The van der Waals surface area contributed by atoms with Crippen LogP contribution in [0.25, 0.3) is 0 Å². The van der Waals surface area contributed by atoms with E-state index in [1.54, 1.807) is 42.5 Å². The molecule has 4 bridgehead atoms. The van der Waals surface area contributed by atoms with Crippen molar-refractivity contribution < 1.29 is 38.2 Å². The van der Waals surface area contributed by atoms with Gasteiger partial charge in [0.2, 0.25) is 23.6 Å². The van der Waals surface area contributed by atoms with Gasteiger partial charge in [0.25, 0.3) is 5.91 Å². The van der Waals surface area contributed by atoms with Crippen LogP contribution in [0.3, 0.4) is 0 Å². The van der Waals surface area contributed by atoms with Gasteiger partial charge in [-0.3, -0.25) is 24.0 Å². The lowest BCUT2D eigenvalue weighted by Crippen LogP contribution is -2.56. The van der Waals surface area contributed by atoms with Crippen molar-refractivity contribution in [3.63, 3.8) is 0 Å². The van der Waals surface area contributed by atoms with Crippen molar-refractivity contribution in [2.24, 2.45) is 5.92 Å². The van der Waals surface area contributed by atoms with Crippen LogP contribution >= 0.6 is 0 Å². The van der Waals surface area contributed by atoms with Gasteiger partial charge in [-0.25, -0.2) is 0 Å². The predicted octanol–water partition coefficient (Wildman–Crippen LogP) is 4.48. The third kappa shape index (κ3) is 12.1. The molecule has 310 valence electrons. The predicted molar refractivity (Wildman–Crippen MR) is 221 cm³/mol. The lowest BCUT2D eigenvalue weighted by atomic mass is 9.84. The smallest absolute Gasteiger partial charge is 0.258 e. The molecule has 1 saturated carbocycles. The summed E-state index contributed by atoms with van der Waals surface area (Å²) in [4.78, 5) is 68.4. The number of benzene rings is 4. The number of hydrogen-bond donors (Lipinski definition) is 5. The Kier molecular flexibility index (Phi) is 14.9. The molecule has 0 unspecified atom stereocenters. The molecule has 0 aromatic heterocycles. The van der Waals surface area contributed by atoms with Crippen LogP contribution in [0.15, 0.2) is 103 Å². The largest absolute Gasteiger partial charge is 0.490 e. The Morgan fingerprint density at radius 2 is 1.42 bits per heavy atom. The molecule has 1 fully saturated rings. The van der Waals surface area contributed by atoms with Gasteiger partial charge < -0.3 is 40.8 Å². The molecule has 3 atom stereocenters. The van der Waals surface area contributed by atoms with Gasteiger partial charge in [-0.05, 0) is 73.4 Å². The van der Waals surface area contributed by atoms with Gasteiger partial charge in [0, 0.05) is 37.9 Å². The quantitative estimate of drug-likeness (QED) is 0.190. The van der Waals surface area contributed by atoms with Crippen molar-refractivity contribution in [1.29, 1.82) is 0 Å². The first-order valence-electron chi connectivity index (χ1n) is 20.3. The van der Waals surface area contributed by atoms with Crippen LogP contribution in [-0.4, -0.2) is 67.9 Å². The van der Waals surface area contributed by atoms with Crippen molar-refractivity contribution in [2.45, 2.75) is 82.6 Å². The summed E-state index contributed by atoms with van der Waals surface area (Å²) in [5.41, 5.74) is 2.80. The molecule has 4 aliphatic heterocycles. The van der Waals surface area contributed by atoms with Gasteiger partial charge in [0.1, 0.15) is 30.5 Å². The Morgan fingerprint density at radius 1 is 0.712 bits per heavy atom. The topological polar surface area (TPSA) is 173 Å². The maximum absolute atomic E-state index is 14.2. The molecule has 4 aromatic rings. The number of ether oxygens (including phenoxy) is 3. The Bertz CT molecular complexity index is 2040. The highest BCUT2D eigenvalue weighted by atomic mass is 16.5. The highest BCUT2D eigenvalue weighted by molar-refractivity contribution is 5.95. The van der Waals surface area contributed by atoms with Gasteiger partial charge in [-0.2, -0.15) is 0 Å².